The lowest BCUT2D eigenvalue weighted by Gasteiger charge is -2.24. The molecule has 0 spiro atoms. The van der Waals surface area contributed by atoms with Gasteiger partial charge >= 0.3 is 0 Å². The van der Waals surface area contributed by atoms with Gasteiger partial charge in [0.2, 0.25) is 0 Å². The Balaban J connectivity index is 1.48. The summed E-state index contributed by atoms with van der Waals surface area (Å²) in [5.74, 6) is 1.02. The average molecular weight is 514 g/mol. The molecule has 7 heteroatoms. The highest BCUT2D eigenvalue weighted by Gasteiger charge is 2.23. The summed E-state index contributed by atoms with van der Waals surface area (Å²) in [5.41, 5.74) is 6.49. The predicted octanol–water partition coefficient (Wildman–Crippen LogP) is 6.65. The third-order valence-corrected chi connectivity index (χ3v) is 7.53. The van der Waals surface area contributed by atoms with Crippen LogP contribution < -0.4 is 21.3 Å². The molecule has 1 aliphatic carbocycles. The van der Waals surface area contributed by atoms with Gasteiger partial charge < -0.3 is 16.0 Å². The van der Waals surface area contributed by atoms with Crippen molar-refractivity contribution in [2.75, 3.05) is 23.7 Å². The number of aromatic nitrogens is 2. The molecular formula is C31H43N7. The molecule has 4 N–H and O–H groups in total. The molecule has 0 radical (unpaired) electrons. The number of unbranched alkanes of at least 4 members (excludes halogenated alkanes) is 2. The van der Waals surface area contributed by atoms with E-state index in [0.717, 1.165) is 72.6 Å². The number of nitrogens with one attached hydrogen (secondary N) is 4. The smallest absolute Gasteiger partial charge is 0.173 e. The van der Waals surface area contributed by atoms with Gasteiger partial charge in [0.25, 0.3) is 0 Å². The minimum absolute atomic E-state index is 0.141. The summed E-state index contributed by atoms with van der Waals surface area (Å²) < 4.78 is 2.06. The fraction of sp³-hybridized carbons (Fsp3) is 0.484. The number of hydrogen-bond acceptors (Lipinski definition) is 6. The fourth-order valence-corrected chi connectivity index (χ4v) is 5.38. The molecule has 1 aliphatic heterocycles. The van der Waals surface area contributed by atoms with E-state index in [-0.39, 0.29) is 6.29 Å². The fourth-order valence-electron chi connectivity index (χ4n) is 5.38. The predicted molar refractivity (Wildman–Crippen MR) is 161 cm³/mol. The highest BCUT2D eigenvalue weighted by Crippen LogP contribution is 2.34. The zero-order chi connectivity index (χ0) is 26.2. The average Bonchev–Trinajstić information content (AvgIpc) is 3.35. The van der Waals surface area contributed by atoms with Crippen molar-refractivity contribution in [3.63, 3.8) is 0 Å². The molecule has 1 unspecified atom stereocenters. The molecule has 1 aromatic carbocycles. The molecule has 0 amide bonds. The van der Waals surface area contributed by atoms with Gasteiger partial charge in [-0.15, -0.1) is 0 Å². The van der Waals surface area contributed by atoms with Gasteiger partial charge in [0.15, 0.2) is 6.29 Å². The second-order valence-corrected chi connectivity index (χ2v) is 10.5. The first kappa shape index (κ1) is 26.3. The van der Waals surface area contributed by atoms with Gasteiger partial charge in [-0.2, -0.15) is 5.10 Å². The summed E-state index contributed by atoms with van der Waals surface area (Å²) in [6, 6.07) is 15.8. The van der Waals surface area contributed by atoms with E-state index in [9.17, 15) is 0 Å². The molecule has 2 aliphatic rings. The minimum Gasteiger partial charge on any atom is -0.382 e. The number of aliphatic imine (C=N–C) groups is 1. The summed E-state index contributed by atoms with van der Waals surface area (Å²) in [6.07, 6.45) is 14.9. The number of fused-ring (bicyclic) bond motifs is 1. The summed E-state index contributed by atoms with van der Waals surface area (Å²) in [7, 11) is 0. The van der Waals surface area contributed by atoms with Crippen molar-refractivity contribution in [3.05, 3.63) is 54.1 Å². The van der Waals surface area contributed by atoms with Gasteiger partial charge in [0, 0.05) is 35.7 Å². The maximum Gasteiger partial charge on any atom is 0.173 e. The van der Waals surface area contributed by atoms with Crippen LogP contribution in [0.3, 0.4) is 0 Å². The molecule has 1 saturated carbocycles. The quantitative estimate of drug-likeness (QED) is 0.204. The molecule has 0 saturated heterocycles. The number of rotatable bonds is 12. The summed E-state index contributed by atoms with van der Waals surface area (Å²) in [5, 5.41) is 19.6. The Morgan fingerprint density at radius 3 is 2.53 bits per heavy atom. The number of allylic oxidation sites excluding steroid dienone is 1. The molecular weight excluding hydrogens is 470 g/mol. The Morgan fingerprint density at radius 1 is 0.947 bits per heavy atom. The molecule has 5 rings (SSSR count). The van der Waals surface area contributed by atoms with Crippen molar-refractivity contribution in [1.29, 1.82) is 0 Å². The molecule has 202 valence electrons. The van der Waals surface area contributed by atoms with Crippen LogP contribution in [0.2, 0.25) is 0 Å². The van der Waals surface area contributed by atoms with Crippen LogP contribution in [-0.2, 0) is 0 Å². The molecule has 7 nitrogen and oxygen atoms in total. The van der Waals surface area contributed by atoms with Crippen LogP contribution >= 0.6 is 0 Å². The molecule has 1 atom stereocenters. The zero-order valence-electron chi connectivity index (χ0n) is 23.0. The molecule has 38 heavy (non-hydrogen) atoms. The van der Waals surface area contributed by atoms with Crippen molar-refractivity contribution in [3.8, 4) is 11.3 Å². The van der Waals surface area contributed by atoms with Crippen LogP contribution in [0.5, 0.6) is 0 Å². The second kappa shape index (κ2) is 13.0. The molecule has 3 aromatic rings. The molecule has 0 bridgehead atoms. The van der Waals surface area contributed by atoms with E-state index in [1.54, 1.807) is 0 Å². The Kier molecular flexibility index (Phi) is 8.97. The lowest BCUT2D eigenvalue weighted by molar-refractivity contribution is 0.463. The number of benzene rings is 1. The SMILES string of the molecule is CCCCNc1cccc2c(C3=CC=NC(NCCCC)N3)c(-c3ccc(NC4CCCCC4)cc3)nn12. The maximum absolute atomic E-state index is 5.17. The van der Waals surface area contributed by atoms with Crippen LogP contribution in [0.4, 0.5) is 11.5 Å². The lowest BCUT2D eigenvalue weighted by atomic mass is 9.95. The number of pyridine rings is 1. The Morgan fingerprint density at radius 2 is 1.74 bits per heavy atom. The number of nitrogens with zero attached hydrogens (tertiary/aromatic N) is 3. The van der Waals surface area contributed by atoms with Gasteiger partial charge in [-0.05, 0) is 62.6 Å². The number of anilines is 2. The van der Waals surface area contributed by atoms with Crippen molar-refractivity contribution < 1.29 is 0 Å². The minimum atomic E-state index is -0.141. The Bertz CT molecular complexity index is 1240. The highest BCUT2D eigenvalue weighted by atomic mass is 15.3. The maximum atomic E-state index is 5.17. The highest BCUT2D eigenvalue weighted by molar-refractivity contribution is 5.95. The largest absolute Gasteiger partial charge is 0.382 e. The Labute approximate surface area is 227 Å². The topological polar surface area (TPSA) is 77.8 Å². The van der Waals surface area contributed by atoms with E-state index in [2.05, 4.69) is 93.2 Å². The first-order chi connectivity index (χ1) is 18.8. The molecule has 2 aromatic heterocycles. The Hall–Kier alpha value is -3.32. The van der Waals surface area contributed by atoms with Crippen molar-refractivity contribution >= 4 is 28.9 Å². The van der Waals surface area contributed by atoms with Gasteiger partial charge in [-0.1, -0.05) is 64.2 Å². The van der Waals surface area contributed by atoms with E-state index in [1.165, 1.54) is 37.8 Å². The van der Waals surface area contributed by atoms with Crippen molar-refractivity contribution in [2.24, 2.45) is 4.99 Å². The van der Waals surface area contributed by atoms with E-state index >= 15 is 0 Å². The van der Waals surface area contributed by atoms with E-state index in [1.807, 2.05) is 6.21 Å². The lowest BCUT2D eigenvalue weighted by Crippen LogP contribution is -2.41. The van der Waals surface area contributed by atoms with E-state index in [4.69, 9.17) is 5.10 Å². The van der Waals surface area contributed by atoms with Gasteiger partial charge in [-0.25, -0.2) is 4.52 Å². The van der Waals surface area contributed by atoms with Gasteiger partial charge in [0.1, 0.15) is 11.5 Å². The first-order valence-corrected chi connectivity index (χ1v) is 14.6. The number of hydrogen-bond donors (Lipinski definition) is 4. The molecule has 3 heterocycles. The first-order valence-electron chi connectivity index (χ1n) is 14.6. The molecule has 1 fully saturated rings. The third kappa shape index (κ3) is 6.21. The second-order valence-electron chi connectivity index (χ2n) is 10.5. The van der Waals surface area contributed by atoms with Crippen LogP contribution in [0.1, 0.15) is 77.2 Å². The van der Waals surface area contributed by atoms with Crippen molar-refractivity contribution in [1.82, 2.24) is 20.2 Å². The summed E-state index contributed by atoms with van der Waals surface area (Å²) >= 11 is 0. The third-order valence-electron chi connectivity index (χ3n) is 7.53. The monoisotopic (exact) mass is 513 g/mol. The summed E-state index contributed by atoms with van der Waals surface area (Å²) in [6.45, 7) is 6.28. The summed E-state index contributed by atoms with van der Waals surface area (Å²) in [4.78, 5) is 4.61. The van der Waals surface area contributed by atoms with Crippen LogP contribution in [0.15, 0.2) is 53.5 Å². The van der Waals surface area contributed by atoms with Crippen LogP contribution in [0, 0.1) is 0 Å². The normalized spacial score (nSPS) is 17.8. The van der Waals surface area contributed by atoms with Gasteiger partial charge in [0.05, 0.1) is 11.1 Å². The van der Waals surface area contributed by atoms with E-state index in [0.29, 0.717) is 6.04 Å². The standard InChI is InChI=1S/C31H43N7/c1-3-5-20-32-28-14-10-13-27-29(26-19-22-34-31(36-26)33-21-6-4-2)30(37-38(27)28)23-15-17-25(18-16-23)35-24-11-8-7-9-12-24/h10,13-19,22,24,31-33,35-36H,3-9,11-12,20-21H2,1-2H3. The van der Waals surface area contributed by atoms with Gasteiger partial charge in [-0.3, -0.25) is 10.3 Å². The van der Waals surface area contributed by atoms with Crippen LogP contribution in [-0.4, -0.2) is 41.2 Å². The van der Waals surface area contributed by atoms with Crippen molar-refractivity contribution in [2.45, 2.75) is 84.0 Å². The zero-order valence-corrected chi connectivity index (χ0v) is 23.0. The van der Waals surface area contributed by atoms with E-state index < -0.39 is 0 Å². The van der Waals surface area contributed by atoms with Crippen LogP contribution in [0.25, 0.3) is 22.5 Å².